The number of benzene rings is 2. The third kappa shape index (κ3) is 4.84. The fraction of sp³-hybridized carbons (Fsp3) is 0.0526. The number of nitrogens with zero attached hydrogens (tertiary/aromatic N) is 2. The van der Waals surface area contributed by atoms with E-state index in [0.29, 0.717) is 10.6 Å². The monoisotopic (exact) mass is 399 g/mol. The summed E-state index contributed by atoms with van der Waals surface area (Å²) in [4.78, 5) is 23.1. The second kappa shape index (κ2) is 8.66. The van der Waals surface area contributed by atoms with Gasteiger partial charge in [0.15, 0.2) is 5.17 Å². The first-order chi connectivity index (χ1) is 13.1. The van der Waals surface area contributed by atoms with Gasteiger partial charge in [0, 0.05) is 11.6 Å². The average Bonchev–Trinajstić information content (AvgIpc) is 3.02. The molecule has 0 atom stereocenters. The molecule has 1 heterocycles. The average molecular weight is 400 g/mol. The van der Waals surface area contributed by atoms with Crippen LogP contribution in [0, 0.1) is 0 Å². The van der Waals surface area contributed by atoms with Gasteiger partial charge in [-0.05, 0) is 29.0 Å². The Morgan fingerprint density at radius 1 is 1.19 bits per heavy atom. The fourth-order valence-corrected chi connectivity index (χ4v) is 3.19. The number of carbonyl (C=O) groups is 2. The van der Waals surface area contributed by atoms with Crippen molar-refractivity contribution in [3.05, 3.63) is 70.1 Å². The number of rotatable bonds is 4. The highest BCUT2D eigenvalue weighted by molar-refractivity contribution is 8.18. The standard InChI is InChI=1S/C19H14ClN3O3S/c1-26-17(24)10-16-18(25)22-19(27-16)23-21-11-14-8-7-13(9-15(14)20)12-5-3-2-4-6-12/h2-11H,1H3,(H,22,23,25)/b16-10+,21-11?. The predicted octanol–water partition coefficient (Wildman–Crippen LogP) is 3.62. The van der Waals surface area contributed by atoms with E-state index in [4.69, 9.17) is 11.6 Å². The smallest absolute Gasteiger partial charge is 0.331 e. The van der Waals surface area contributed by atoms with E-state index < -0.39 is 11.9 Å². The Morgan fingerprint density at radius 2 is 1.96 bits per heavy atom. The first-order valence-electron chi connectivity index (χ1n) is 7.81. The molecule has 0 aliphatic carbocycles. The van der Waals surface area contributed by atoms with Crippen molar-refractivity contribution in [2.75, 3.05) is 7.11 Å². The molecular formula is C19H14ClN3O3S. The van der Waals surface area contributed by atoms with Crippen LogP contribution in [0.5, 0.6) is 0 Å². The lowest BCUT2D eigenvalue weighted by molar-refractivity contribution is -0.135. The molecule has 3 rings (SSSR count). The number of methoxy groups -OCH3 is 1. The predicted molar refractivity (Wildman–Crippen MR) is 108 cm³/mol. The molecule has 1 aliphatic rings. The second-order valence-electron chi connectivity index (χ2n) is 5.34. The van der Waals surface area contributed by atoms with Gasteiger partial charge in [0.2, 0.25) is 0 Å². The number of hydrogen-bond acceptors (Lipinski definition) is 6. The second-order valence-corrected chi connectivity index (χ2v) is 6.78. The third-order valence-corrected chi connectivity index (χ3v) is 4.78. The minimum Gasteiger partial charge on any atom is -0.466 e. The van der Waals surface area contributed by atoms with E-state index in [1.54, 1.807) is 0 Å². The molecule has 1 N–H and O–H groups in total. The maximum absolute atomic E-state index is 11.7. The topological polar surface area (TPSA) is 80.1 Å². The van der Waals surface area contributed by atoms with Crippen LogP contribution in [0.25, 0.3) is 11.1 Å². The van der Waals surface area contributed by atoms with E-state index in [2.05, 4.69) is 20.3 Å². The number of halogens is 1. The highest BCUT2D eigenvalue weighted by Gasteiger charge is 2.24. The van der Waals surface area contributed by atoms with Crippen LogP contribution < -0.4 is 5.32 Å². The van der Waals surface area contributed by atoms with Crippen molar-refractivity contribution in [2.45, 2.75) is 0 Å². The summed E-state index contributed by atoms with van der Waals surface area (Å²) >= 11 is 7.32. The zero-order chi connectivity index (χ0) is 19.2. The van der Waals surface area contributed by atoms with Crippen molar-refractivity contribution < 1.29 is 14.3 Å². The summed E-state index contributed by atoms with van der Waals surface area (Å²) in [6.45, 7) is 0. The van der Waals surface area contributed by atoms with Crippen molar-refractivity contribution in [2.24, 2.45) is 10.2 Å². The molecule has 8 heteroatoms. The van der Waals surface area contributed by atoms with E-state index in [0.717, 1.165) is 29.0 Å². The van der Waals surface area contributed by atoms with Gasteiger partial charge in [-0.1, -0.05) is 54.1 Å². The van der Waals surface area contributed by atoms with Crippen LogP contribution in [-0.2, 0) is 14.3 Å². The van der Waals surface area contributed by atoms with E-state index in [-0.39, 0.29) is 10.1 Å². The molecule has 0 aromatic heterocycles. The van der Waals surface area contributed by atoms with Gasteiger partial charge < -0.3 is 4.74 Å². The summed E-state index contributed by atoms with van der Waals surface area (Å²) in [5.41, 5.74) is 2.76. The van der Waals surface area contributed by atoms with Crippen molar-refractivity contribution in [1.29, 1.82) is 0 Å². The molecule has 27 heavy (non-hydrogen) atoms. The molecule has 0 unspecified atom stereocenters. The van der Waals surface area contributed by atoms with Gasteiger partial charge in [0.1, 0.15) is 0 Å². The Kier molecular flexibility index (Phi) is 6.05. The molecule has 136 valence electrons. The summed E-state index contributed by atoms with van der Waals surface area (Å²) in [5, 5.41) is 11.2. The SMILES string of the molecule is COC(=O)/C=C1/S/C(=N\N=Cc2ccc(-c3ccccc3)cc2Cl)NC1=O. The van der Waals surface area contributed by atoms with Gasteiger partial charge in [-0.25, -0.2) is 4.79 Å². The first-order valence-corrected chi connectivity index (χ1v) is 9.01. The minimum atomic E-state index is -0.609. The Hall–Kier alpha value is -2.90. The summed E-state index contributed by atoms with van der Waals surface area (Å²) in [5.74, 6) is -1.03. The minimum absolute atomic E-state index is 0.195. The van der Waals surface area contributed by atoms with Crippen LogP contribution in [0.1, 0.15) is 5.56 Å². The summed E-state index contributed by atoms with van der Waals surface area (Å²) < 4.78 is 4.50. The van der Waals surface area contributed by atoms with Crippen molar-refractivity contribution >= 4 is 46.6 Å². The van der Waals surface area contributed by atoms with E-state index in [1.165, 1.54) is 13.3 Å². The zero-order valence-electron chi connectivity index (χ0n) is 14.2. The van der Waals surface area contributed by atoms with Crippen LogP contribution in [0.2, 0.25) is 5.02 Å². The Morgan fingerprint density at radius 3 is 2.67 bits per heavy atom. The molecule has 6 nitrogen and oxygen atoms in total. The Bertz CT molecular complexity index is 971. The van der Waals surface area contributed by atoms with Crippen LogP contribution in [-0.4, -0.2) is 30.4 Å². The quantitative estimate of drug-likeness (QED) is 0.368. The van der Waals surface area contributed by atoms with Gasteiger partial charge >= 0.3 is 5.97 Å². The van der Waals surface area contributed by atoms with Crippen molar-refractivity contribution in [3.8, 4) is 11.1 Å². The lowest BCUT2D eigenvalue weighted by Gasteiger charge is -2.04. The van der Waals surface area contributed by atoms with Crippen LogP contribution in [0.15, 0.2) is 69.7 Å². The number of amidine groups is 1. The maximum atomic E-state index is 11.7. The van der Waals surface area contributed by atoms with E-state index in [9.17, 15) is 9.59 Å². The van der Waals surface area contributed by atoms with Gasteiger partial charge in [-0.2, -0.15) is 5.10 Å². The molecule has 1 fully saturated rings. The summed E-state index contributed by atoms with van der Waals surface area (Å²) in [6, 6.07) is 15.5. The molecule has 1 aliphatic heterocycles. The lowest BCUT2D eigenvalue weighted by Crippen LogP contribution is -2.19. The highest BCUT2D eigenvalue weighted by Crippen LogP contribution is 2.25. The maximum Gasteiger partial charge on any atom is 0.331 e. The zero-order valence-corrected chi connectivity index (χ0v) is 15.8. The van der Waals surface area contributed by atoms with Gasteiger partial charge in [0.05, 0.1) is 23.3 Å². The van der Waals surface area contributed by atoms with Crippen LogP contribution >= 0.6 is 23.4 Å². The third-order valence-electron chi connectivity index (χ3n) is 3.55. The number of esters is 1. The molecule has 0 bridgehead atoms. The summed E-state index contributed by atoms with van der Waals surface area (Å²) in [7, 11) is 1.24. The van der Waals surface area contributed by atoms with E-state index in [1.807, 2.05) is 48.5 Å². The van der Waals surface area contributed by atoms with Gasteiger partial charge in [-0.15, -0.1) is 5.10 Å². The van der Waals surface area contributed by atoms with Gasteiger partial charge in [-0.3, -0.25) is 10.1 Å². The molecule has 2 aromatic carbocycles. The fourth-order valence-electron chi connectivity index (χ4n) is 2.23. The molecular weight excluding hydrogens is 386 g/mol. The van der Waals surface area contributed by atoms with Crippen LogP contribution in [0.3, 0.4) is 0 Å². The highest BCUT2D eigenvalue weighted by atomic mass is 35.5. The van der Waals surface area contributed by atoms with E-state index >= 15 is 0 Å². The van der Waals surface area contributed by atoms with Crippen molar-refractivity contribution in [1.82, 2.24) is 5.32 Å². The Labute approximate surface area is 165 Å². The van der Waals surface area contributed by atoms with Crippen LogP contribution in [0.4, 0.5) is 0 Å². The molecule has 0 spiro atoms. The molecule has 0 radical (unpaired) electrons. The normalized spacial score (nSPS) is 16.9. The number of amides is 1. The number of ether oxygens (including phenoxy) is 1. The van der Waals surface area contributed by atoms with Gasteiger partial charge in [0.25, 0.3) is 5.91 Å². The molecule has 2 aromatic rings. The number of nitrogens with one attached hydrogen (secondary N) is 1. The first kappa shape index (κ1) is 18.9. The molecule has 1 saturated heterocycles. The largest absolute Gasteiger partial charge is 0.466 e. The number of thioether (sulfide) groups is 1. The van der Waals surface area contributed by atoms with Crippen molar-refractivity contribution in [3.63, 3.8) is 0 Å². The molecule has 0 saturated carbocycles. The lowest BCUT2D eigenvalue weighted by atomic mass is 10.0. The Balaban J connectivity index is 1.72. The molecule has 1 amide bonds. The number of hydrogen-bond donors (Lipinski definition) is 1. The summed E-state index contributed by atoms with van der Waals surface area (Å²) in [6.07, 6.45) is 2.60. The number of carbonyl (C=O) groups excluding carboxylic acids is 2.